The molecule has 1 rings (SSSR count). The first-order valence-electron chi connectivity index (χ1n) is 5.11. The normalized spacial score (nSPS) is 12.6. The van der Waals surface area contributed by atoms with Gasteiger partial charge >= 0.3 is 0 Å². The SMILES string of the molecule is COC(C)(C)CNS(=O)(=O)c1ccc(O)cc1. The Morgan fingerprint density at radius 2 is 1.82 bits per heavy atom. The number of phenolic OH excluding ortho intramolecular Hbond substituents is 1. The molecule has 0 spiro atoms. The summed E-state index contributed by atoms with van der Waals surface area (Å²) in [6.07, 6.45) is 0. The van der Waals surface area contributed by atoms with E-state index in [1.165, 1.54) is 31.4 Å². The van der Waals surface area contributed by atoms with Crippen molar-refractivity contribution in [1.82, 2.24) is 4.72 Å². The van der Waals surface area contributed by atoms with E-state index >= 15 is 0 Å². The number of phenols is 1. The van der Waals surface area contributed by atoms with Gasteiger partial charge in [0, 0.05) is 13.7 Å². The van der Waals surface area contributed by atoms with Gasteiger partial charge in [0.2, 0.25) is 10.0 Å². The number of methoxy groups -OCH3 is 1. The third kappa shape index (κ3) is 3.99. The molecule has 5 nitrogen and oxygen atoms in total. The number of sulfonamides is 1. The molecular weight excluding hydrogens is 242 g/mol. The zero-order valence-corrected chi connectivity index (χ0v) is 10.9. The molecule has 0 aliphatic carbocycles. The van der Waals surface area contributed by atoms with E-state index < -0.39 is 15.6 Å². The van der Waals surface area contributed by atoms with Crippen LogP contribution in [0.4, 0.5) is 0 Å². The van der Waals surface area contributed by atoms with Gasteiger partial charge < -0.3 is 9.84 Å². The number of hydrogen-bond donors (Lipinski definition) is 2. The maximum Gasteiger partial charge on any atom is 0.240 e. The van der Waals surface area contributed by atoms with Crippen molar-refractivity contribution in [3.8, 4) is 5.75 Å². The highest BCUT2D eigenvalue weighted by molar-refractivity contribution is 7.89. The molecule has 0 bridgehead atoms. The maximum atomic E-state index is 11.9. The van der Waals surface area contributed by atoms with Crippen molar-refractivity contribution in [3.63, 3.8) is 0 Å². The van der Waals surface area contributed by atoms with Gasteiger partial charge in [-0.3, -0.25) is 0 Å². The number of hydrogen-bond acceptors (Lipinski definition) is 4. The van der Waals surface area contributed by atoms with Gasteiger partial charge in [-0.15, -0.1) is 0 Å². The Labute approximate surface area is 101 Å². The van der Waals surface area contributed by atoms with Crippen molar-refractivity contribution >= 4 is 10.0 Å². The molecule has 1 aromatic carbocycles. The number of ether oxygens (including phenoxy) is 1. The van der Waals surface area contributed by atoms with Gasteiger partial charge in [-0.2, -0.15) is 0 Å². The zero-order valence-electron chi connectivity index (χ0n) is 10.1. The van der Waals surface area contributed by atoms with Gasteiger partial charge in [0.15, 0.2) is 0 Å². The summed E-state index contributed by atoms with van der Waals surface area (Å²) in [7, 11) is -2.04. The molecule has 6 heteroatoms. The molecule has 0 heterocycles. The fourth-order valence-electron chi connectivity index (χ4n) is 1.05. The second-order valence-corrected chi connectivity index (χ2v) is 6.05. The highest BCUT2D eigenvalue weighted by atomic mass is 32.2. The van der Waals surface area contributed by atoms with E-state index in [1.54, 1.807) is 13.8 Å². The molecule has 0 amide bonds. The van der Waals surface area contributed by atoms with Crippen LogP contribution in [0.2, 0.25) is 0 Å². The van der Waals surface area contributed by atoms with Crippen molar-refractivity contribution in [2.75, 3.05) is 13.7 Å². The average molecular weight is 259 g/mol. The standard InChI is InChI=1S/C11H17NO4S/c1-11(2,16-3)8-12-17(14,15)10-6-4-9(13)5-7-10/h4-7,12-13H,8H2,1-3H3. The minimum atomic E-state index is -3.56. The first-order chi connectivity index (χ1) is 7.77. The summed E-state index contributed by atoms with van der Waals surface area (Å²) < 4.78 is 31.3. The maximum absolute atomic E-state index is 11.9. The van der Waals surface area contributed by atoms with Crippen molar-refractivity contribution < 1.29 is 18.3 Å². The molecule has 0 aromatic heterocycles. The number of rotatable bonds is 5. The summed E-state index contributed by atoms with van der Waals surface area (Å²) in [6, 6.07) is 5.35. The monoisotopic (exact) mass is 259 g/mol. The lowest BCUT2D eigenvalue weighted by molar-refractivity contribution is 0.0276. The summed E-state index contributed by atoms with van der Waals surface area (Å²) >= 11 is 0. The van der Waals surface area contributed by atoms with Crippen LogP contribution in [0.3, 0.4) is 0 Å². The van der Waals surface area contributed by atoms with Crippen LogP contribution in [0.5, 0.6) is 5.75 Å². The van der Waals surface area contributed by atoms with Crippen molar-refractivity contribution in [3.05, 3.63) is 24.3 Å². The van der Waals surface area contributed by atoms with E-state index in [-0.39, 0.29) is 17.2 Å². The highest BCUT2D eigenvalue weighted by Gasteiger charge is 2.21. The fourth-order valence-corrected chi connectivity index (χ4v) is 2.25. The molecule has 0 aliphatic heterocycles. The molecule has 0 atom stereocenters. The predicted molar refractivity (Wildman–Crippen MR) is 64.4 cm³/mol. The molecule has 96 valence electrons. The van der Waals surface area contributed by atoms with E-state index in [9.17, 15) is 8.42 Å². The van der Waals surface area contributed by atoms with Crippen LogP contribution in [-0.4, -0.2) is 32.8 Å². The number of aromatic hydroxyl groups is 1. The van der Waals surface area contributed by atoms with Gasteiger partial charge in [-0.1, -0.05) is 0 Å². The van der Waals surface area contributed by atoms with Crippen molar-refractivity contribution in [1.29, 1.82) is 0 Å². The highest BCUT2D eigenvalue weighted by Crippen LogP contribution is 2.15. The Kier molecular flexibility index (Phi) is 4.13. The Hall–Kier alpha value is -1.11. The first kappa shape index (κ1) is 14.0. The largest absolute Gasteiger partial charge is 0.508 e. The van der Waals surface area contributed by atoms with E-state index in [1.807, 2.05) is 0 Å². The van der Waals surface area contributed by atoms with Crippen LogP contribution in [-0.2, 0) is 14.8 Å². The molecule has 2 N–H and O–H groups in total. The molecule has 17 heavy (non-hydrogen) atoms. The minimum Gasteiger partial charge on any atom is -0.508 e. The Bertz CT molecular complexity index is 465. The van der Waals surface area contributed by atoms with Crippen LogP contribution in [0, 0.1) is 0 Å². The Balaban J connectivity index is 2.79. The van der Waals surface area contributed by atoms with Crippen molar-refractivity contribution in [2.24, 2.45) is 0 Å². The topological polar surface area (TPSA) is 75.6 Å². The average Bonchev–Trinajstić information content (AvgIpc) is 2.27. The Morgan fingerprint density at radius 1 is 1.29 bits per heavy atom. The predicted octanol–water partition coefficient (Wildman–Crippen LogP) is 1.10. The van der Waals surface area contributed by atoms with Crippen molar-refractivity contribution in [2.45, 2.75) is 24.3 Å². The summed E-state index contributed by atoms with van der Waals surface area (Å²) in [5.41, 5.74) is -0.565. The lowest BCUT2D eigenvalue weighted by Gasteiger charge is -2.23. The van der Waals surface area contributed by atoms with E-state index in [0.29, 0.717) is 0 Å². The lowest BCUT2D eigenvalue weighted by Crippen LogP contribution is -2.39. The molecule has 1 aromatic rings. The second-order valence-electron chi connectivity index (χ2n) is 4.28. The first-order valence-corrected chi connectivity index (χ1v) is 6.59. The summed E-state index contributed by atoms with van der Waals surface area (Å²) in [5.74, 6) is 0.0289. The van der Waals surface area contributed by atoms with Crippen LogP contribution in [0.1, 0.15) is 13.8 Å². The fraction of sp³-hybridized carbons (Fsp3) is 0.455. The summed E-state index contributed by atoms with van der Waals surface area (Å²) in [5, 5.41) is 9.08. The van der Waals surface area contributed by atoms with E-state index in [4.69, 9.17) is 9.84 Å². The van der Waals surface area contributed by atoms with Crippen LogP contribution in [0.15, 0.2) is 29.2 Å². The van der Waals surface area contributed by atoms with Crippen LogP contribution < -0.4 is 4.72 Å². The van der Waals surface area contributed by atoms with Gasteiger partial charge in [0.1, 0.15) is 5.75 Å². The number of benzene rings is 1. The van der Waals surface area contributed by atoms with Crippen LogP contribution in [0.25, 0.3) is 0 Å². The second kappa shape index (κ2) is 5.03. The molecule has 0 aliphatic rings. The molecular formula is C11H17NO4S. The van der Waals surface area contributed by atoms with Gasteiger partial charge in [0.05, 0.1) is 10.5 Å². The van der Waals surface area contributed by atoms with Gasteiger partial charge in [0.25, 0.3) is 0 Å². The molecule has 0 saturated carbocycles. The number of nitrogens with one attached hydrogen (secondary N) is 1. The lowest BCUT2D eigenvalue weighted by atomic mass is 10.1. The third-order valence-corrected chi connectivity index (χ3v) is 3.80. The Morgan fingerprint density at radius 3 is 2.29 bits per heavy atom. The van der Waals surface area contributed by atoms with Crippen LogP contribution >= 0.6 is 0 Å². The summed E-state index contributed by atoms with van der Waals surface area (Å²) in [6.45, 7) is 3.74. The van der Waals surface area contributed by atoms with E-state index in [0.717, 1.165) is 0 Å². The smallest absolute Gasteiger partial charge is 0.240 e. The molecule has 0 fully saturated rings. The molecule has 0 unspecified atom stereocenters. The van der Waals surface area contributed by atoms with Gasteiger partial charge in [-0.25, -0.2) is 13.1 Å². The summed E-state index contributed by atoms with van der Waals surface area (Å²) in [4.78, 5) is 0.113. The minimum absolute atomic E-state index is 0.0289. The van der Waals surface area contributed by atoms with E-state index in [2.05, 4.69) is 4.72 Å². The van der Waals surface area contributed by atoms with Gasteiger partial charge in [-0.05, 0) is 38.1 Å². The molecule has 0 radical (unpaired) electrons. The third-order valence-electron chi connectivity index (χ3n) is 2.39. The zero-order chi connectivity index (χ0) is 13.1. The molecule has 0 saturated heterocycles. The quantitative estimate of drug-likeness (QED) is 0.830.